The number of rotatable bonds is 7. The van der Waals surface area contributed by atoms with Gasteiger partial charge in [-0.1, -0.05) is 190 Å². The highest BCUT2D eigenvalue weighted by Crippen LogP contribution is 2.68. The van der Waals surface area contributed by atoms with Gasteiger partial charge >= 0.3 is 0 Å². The van der Waals surface area contributed by atoms with Crippen LogP contribution in [-0.4, -0.2) is 12.5 Å². The van der Waals surface area contributed by atoms with Crippen molar-refractivity contribution in [3.05, 3.63) is 223 Å². The van der Waals surface area contributed by atoms with E-state index in [4.69, 9.17) is 0 Å². The predicted octanol–water partition coefficient (Wildman–Crippen LogP) is 15.9. The van der Waals surface area contributed by atoms with Crippen molar-refractivity contribution in [2.75, 3.05) is 17.4 Å². The smallest absolute Gasteiger partial charge is 0.0543 e. The first-order valence-electron chi connectivity index (χ1n) is 21.3. The molecule has 0 aromatic heterocycles. The lowest BCUT2D eigenvalue weighted by molar-refractivity contribution is 0.346. The second-order valence-corrected chi connectivity index (χ2v) is 21.4. The van der Waals surface area contributed by atoms with Crippen LogP contribution in [0.5, 0.6) is 0 Å². The summed E-state index contributed by atoms with van der Waals surface area (Å²) in [5.41, 5.74) is 17.6. The molecule has 0 spiro atoms. The molecule has 0 N–H and O–H groups in total. The average molecular weight is 792 g/mol. The minimum absolute atomic E-state index is 0.0920. The Morgan fingerprint density at radius 2 is 1.07 bits per heavy atom. The molecule has 0 saturated carbocycles. The van der Waals surface area contributed by atoms with Gasteiger partial charge in [-0.3, -0.25) is 0 Å². The quantitative estimate of drug-likeness (QED) is 0.145. The fraction of sp³-hybridized carbons (Fsp3) is 0.138. The minimum atomic E-state index is -1.24. The molecule has 1 nitrogen and oxygen atoms in total. The van der Waals surface area contributed by atoms with Gasteiger partial charge in [-0.05, 0) is 111 Å². The highest BCUT2D eigenvalue weighted by molar-refractivity contribution is 8.33. The van der Waals surface area contributed by atoms with E-state index in [0.717, 1.165) is 6.42 Å². The van der Waals surface area contributed by atoms with Gasteiger partial charge in [-0.25, -0.2) is 0 Å². The van der Waals surface area contributed by atoms with E-state index >= 15 is 0 Å². The lowest BCUT2D eigenvalue weighted by Gasteiger charge is -2.39. The lowest BCUT2D eigenvalue weighted by atomic mass is 9.62. The third-order valence-electron chi connectivity index (χ3n) is 13.6. The highest BCUT2D eigenvalue weighted by atomic mass is 32.3. The van der Waals surface area contributed by atoms with Gasteiger partial charge in [0, 0.05) is 26.6 Å². The maximum atomic E-state index is 2.58. The summed E-state index contributed by atoms with van der Waals surface area (Å²) in [6, 6.07) is 73.0. The van der Waals surface area contributed by atoms with E-state index in [-0.39, 0.29) is 11.3 Å². The molecular weight excluding hydrogens is 743 g/mol. The van der Waals surface area contributed by atoms with Crippen molar-refractivity contribution in [1.82, 2.24) is 0 Å². The SMILES string of the molecule is CC1(C)C=CC(C2(c3ccc(-c4ccccc4)cc3)c3ccccc3-c3c(N(c4ccc5c(c4)S(C)(C)c4ccccc4-5)c4ccccc4-c4ccccc4)cccc32)C1. The molecule has 0 radical (unpaired) electrons. The fourth-order valence-corrected chi connectivity index (χ4v) is 13.4. The molecule has 60 heavy (non-hydrogen) atoms. The zero-order valence-corrected chi connectivity index (χ0v) is 35.6. The van der Waals surface area contributed by atoms with Gasteiger partial charge < -0.3 is 4.90 Å². The molecule has 3 aliphatic rings. The molecule has 2 heteroatoms. The first-order valence-corrected chi connectivity index (χ1v) is 23.7. The molecule has 2 aliphatic carbocycles. The van der Waals surface area contributed by atoms with Gasteiger partial charge in [-0.2, -0.15) is 10.0 Å². The molecule has 0 fully saturated rings. The normalized spacial score (nSPS) is 19.2. The van der Waals surface area contributed by atoms with E-state index in [0.29, 0.717) is 0 Å². The van der Waals surface area contributed by atoms with E-state index in [1.807, 2.05) is 0 Å². The predicted molar refractivity (Wildman–Crippen MR) is 256 cm³/mol. The van der Waals surface area contributed by atoms with Crippen LogP contribution >= 0.6 is 10.0 Å². The summed E-state index contributed by atoms with van der Waals surface area (Å²) < 4.78 is 0. The van der Waals surface area contributed by atoms with Crippen LogP contribution in [0.15, 0.2) is 216 Å². The van der Waals surface area contributed by atoms with Crippen molar-refractivity contribution in [3.8, 4) is 44.5 Å². The summed E-state index contributed by atoms with van der Waals surface area (Å²) in [5, 5.41) is 0. The van der Waals surface area contributed by atoms with Gasteiger partial charge in [0.2, 0.25) is 0 Å². The van der Waals surface area contributed by atoms with Gasteiger partial charge in [0.25, 0.3) is 0 Å². The fourth-order valence-electron chi connectivity index (χ4n) is 10.9. The Kier molecular flexibility index (Phi) is 8.48. The Morgan fingerprint density at radius 3 is 1.80 bits per heavy atom. The van der Waals surface area contributed by atoms with E-state index in [9.17, 15) is 0 Å². The molecule has 292 valence electrons. The summed E-state index contributed by atoms with van der Waals surface area (Å²) in [6.07, 6.45) is 11.0. The summed E-state index contributed by atoms with van der Waals surface area (Å²) in [5.74, 6) is 0.265. The maximum absolute atomic E-state index is 2.58. The first kappa shape index (κ1) is 36.7. The number of para-hydroxylation sites is 1. The Hall–Kier alpha value is -6.35. The Morgan fingerprint density at radius 1 is 0.483 bits per heavy atom. The number of fused-ring (bicyclic) bond motifs is 6. The number of anilines is 3. The van der Waals surface area contributed by atoms with Crippen LogP contribution in [0.3, 0.4) is 0 Å². The van der Waals surface area contributed by atoms with Crippen molar-refractivity contribution in [3.63, 3.8) is 0 Å². The maximum Gasteiger partial charge on any atom is 0.0543 e. The first-order chi connectivity index (χ1) is 29.3. The molecule has 0 bridgehead atoms. The van der Waals surface area contributed by atoms with Gasteiger partial charge in [0.15, 0.2) is 0 Å². The van der Waals surface area contributed by atoms with E-state index in [1.165, 1.54) is 88.1 Å². The van der Waals surface area contributed by atoms with Crippen LogP contribution < -0.4 is 4.90 Å². The molecule has 2 unspecified atom stereocenters. The van der Waals surface area contributed by atoms with Crippen molar-refractivity contribution in [2.45, 2.75) is 35.5 Å². The third kappa shape index (κ3) is 5.54. The van der Waals surface area contributed by atoms with E-state index in [2.05, 4.69) is 238 Å². The molecule has 1 heterocycles. The molecule has 8 aromatic rings. The van der Waals surface area contributed by atoms with Crippen LogP contribution in [-0.2, 0) is 5.41 Å². The van der Waals surface area contributed by atoms with Gasteiger partial charge in [0.05, 0.1) is 16.8 Å². The topological polar surface area (TPSA) is 3.24 Å². The monoisotopic (exact) mass is 791 g/mol. The summed E-state index contributed by atoms with van der Waals surface area (Å²) in [7, 11) is -1.24. The largest absolute Gasteiger partial charge is 0.309 e. The lowest BCUT2D eigenvalue weighted by Crippen LogP contribution is -2.35. The van der Waals surface area contributed by atoms with Crippen molar-refractivity contribution in [2.24, 2.45) is 11.3 Å². The molecule has 8 aromatic carbocycles. The number of hydrogen-bond acceptors (Lipinski definition) is 1. The van der Waals surface area contributed by atoms with Crippen molar-refractivity contribution in [1.29, 1.82) is 0 Å². The highest BCUT2D eigenvalue weighted by Gasteiger charge is 2.52. The summed E-state index contributed by atoms with van der Waals surface area (Å²) in [4.78, 5) is 5.50. The molecule has 0 saturated heterocycles. The van der Waals surface area contributed by atoms with Crippen LogP contribution in [0.25, 0.3) is 44.5 Å². The second-order valence-electron chi connectivity index (χ2n) is 17.9. The summed E-state index contributed by atoms with van der Waals surface area (Å²) in [6.45, 7) is 4.79. The zero-order chi connectivity index (χ0) is 40.6. The summed E-state index contributed by atoms with van der Waals surface area (Å²) >= 11 is 0. The standard InChI is InChI=1S/C58H49NS/c1-57(2)37-36-44(39-57)58(43-32-30-41(31-33-43)40-18-7-5-8-19-40)50-25-14-11-24-49(50)56-51(58)26-17-28-53(56)59(52-27-15-12-22-46(52)42-20-9-6-10-21-42)45-34-35-48-47-23-13-16-29-54(47)60(3,4)55(48)38-45/h5-38,44H,39H2,1-4H3. The Labute approximate surface area is 357 Å². The van der Waals surface area contributed by atoms with Gasteiger partial charge in [0.1, 0.15) is 0 Å². The van der Waals surface area contributed by atoms with Crippen LogP contribution in [0, 0.1) is 11.3 Å². The van der Waals surface area contributed by atoms with E-state index < -0.39 is 15.4 Å². The minimum Gasteiger partial charge on any atom is -0.309 e. The van der Waals surface area contributed by atoms with Crippen LogP contribution in [0.2, 0.25) is 0 Å². The zero-order valence-electron chi connectivity index (χ0n) is 34.8. The number of allylic oxidation sites excluding steroid dienone is 2. The molecule has 2 atom stereocenters. The number of benzene rings is 8. The van der Waals surface area contributed by atoms with Crippen molar-refractivity contribution < 1.29 is 0 Å². The molecule has 0 amide bonds. The van der Waals surface area contributed by atoms with Gasteiger partial charge in [-0.15, -0.1) is 0 Å². The Bertz CT molecular complexity index is 2960. The second kappa shape index (κ2) is 13.9. The van der Waals surface area contributed by atoms with E-state index in [1.54, 1.807) is 0 Å². The number of hydrogen-bond donors (Lipinski definition) is 0. The number of nitrogens with zero attached hydrogens (tertiary/aromatic N) is 1. The Balaban J connectivity index is 1.19. The molecule has 1 aliphatic heterocycles. The van der Waals surface area contributed by atoms with Crippen LogP contribution in [0.4, 0.5) is 17.1 Å². The third-order valence-corrected chi connectivity index (χ3v) is 16.5. The molecule has 11 rings (SSSR count). The van der Waals surface area contributed by atoms with Crippen LogP contribution in [0.1, 0.15) is 37.0 Å². The molecular formula is C58H49NS. The average Bonchev–Trinajstić information content (AvgIpc) is 3.89. The van der Waals surface area contributed by atoms with Crippen molar-refractivity contribution >= 4 is 27.1 Å².